The Labute approximate surface area is 112 Å². The zero-order valence-corrected chi connectivity index (χ0v) is 12.6. The van der Waals surface area contributed by atoms with E-state index in [2.05, 4.69) is 63.0 Å². The molecule has 0 saturated heterocycles. The van der Waals surface area contributed by atoms with Crippen molar-refractivity contribution in [3.63, 3.8) is 0 Å². The highest BCUT2D eigenvalue weighted by atomic mass is 15.1. The summed E-state index contributed by atoms with van der Waals surface area (Å²) in [6.07, 6.45) is 1.19. The molecule has 1 rings (SSSR count). The van der Waals surface area contributed by atoms with Crippen LogP contribution in [0.3, 0.4) is 0 Å². The molecule has 0 bridgehead atoms. The van der Waals surface area contributed by atoms with Crippen LogP contribution in [0.4, 0.5) is 5.69 Å². The van der Waals surface area contributed by atoms with Gasteiger partial charge in [0.1, 0.15) is 0 Å². The standard InChI is InChI=1S/C16H28N2/c1-6-14(5)18(8-3)16-10-9-15(11-13(16)4)12-17-7-2/h9-11,14,17H,6-8,12H2,1-5H3. The Bertz CT molecular complexity index is 360. The summed E-state index contributed by atoms with van der Waals surface area (Å²) in [5, 5.41) is 3.37. The Balaban J connectivity index is 2.89. The van der Waals surface area contributed by atoms with E-state index in [9.17, 15) is 0 Å². The van der Waals surface area contributed by atoms with Gasteiger partial charge in [0.15, 0.2) is 0 Å². The Kier molecular flexibility index (Phi) is 6.20. The molecule has 1 aromatic carbocycles. The normalized spacial score (nSPS) is 12.5. The summed E-state index contributed by atoms with van der Waals surface area (Å²) >= 11 is 0. The fourth-order valence-electron chi connectivity index (χ4n) is 2.36. The van der Waals surface area contributed by atoms with E-state index in [0.29, 0.717) is 6.04 Å². The lowest BCUT2D eigenvalue weighted by molar-refractivity contribution is 0.628. The van der Waals surface area contributed by atoms with Crippen molar-refractivity contribution in [3.05, 3.63) is 29.3 Å². The summed E-state index contributed by atoms with van der Waals surface area (Å²) in [5.74, 6) is 0. The Morgan fingerprint density at radius 1 is 1.22 bits per heavy atom. The van der Waals surface area contributed by atoms with Crippen molar-refractivity contribution in [1.29, 1.82) is 0 Å². The van der Waals surface area contributed by atoms with Gasteiger partial charge < -0.3 is 10.2 Å². The van der Waals surface area contributed by atoms with E-state index >= 15 is 0 Å². The highest BCUT2D eigenvalue weighted by Gasteiger charge is 2.13. The summed E-state index contributed by atoms with van der Waals surface area (Å²) in [7, 11) is 0. The van der Waals surface area contributed by atoms with Crippen LogP contribution in [-0.4, -0.2) is 19.1 Å². The van der Waals surface area contributed by atoms with Crippen molar-refractivity contribution in [2.75, 3.05) is 18.0 Å². The van der Waals surface area contributed by atoms with E-state index in [0.717, 1.165) is 19.6 Å². The van der Waals surface area contributed by atoms with Gasteiger partial charge in [-0.3, -0.25) is 0 Å². The molecule has 18 heavy (non-hydrogen) atoms. The lowest BCUT2D eigenvalue weighted by Crippen LogP contribution is -2.32. The van der Waals surface area contributed by atoms with Crippen LogP contribution in [0.15, 0.2) is 18.2 Å². The fraction of sp³-hybridized carbons (Fsp3) is 0.625. The predicted molar refractivity (Wildman–Crippen MR) is 81.3 cm³/mol. The van der Waals surface area contributed by atoms with Crippen LogP contribution < -0.4 is 10.2 Å². The van der Waals surface area contributed by atoms with Gasteiger partial charge in [-0.05, 0) is 50.9 Å². The molecule has 0 fully saturated rings. The van der Waals surface area contributed by atoms with E-state index in [1.54, 1.807) is 0 Å². The largest absolute Gasteiger partial charge is 0.369 e. The highest BCUT2D eigenvalue weighted by Crippen LogP contribution is 2.24. The second kappa shape index (κ2) is 7.42. The third-order valence-corrected chi connectivity index (χ3v) is 3.61. The number of benzene rings is 1. The average Bonchev–Trinajstić information content (AvgIpc) is 2.39. The second-order valence-corrected chi connectivity index (χ2v) is 4.94. The molecule has 0 radical (unpaired) electrons. The molecule has 1 aromatic rings. The van der Waals surface area contributed by atoms with Crippen LogP contribution in [0.25, 0.3) is 0 Å². The van der Waals surface area contributed by atoms with E-state index in [4.69, 9.17) is 0 Å². The Morgan fingerprint density at radius 3 is 2.44 bits per heavy atom. The topological polar surface area (TPSA) is 15.3 Å². The van der Waals surface area contributed by atoms with E-state index in [1.165, 1.54) is 23.2 Å². The van der Waals surface area contributed by atoms with Gasteiger partial charge in [0.25, 0.3) is 0 Å². The first-order chi connectivity index (χ1) is 8.63. The highest BCUT2D eigenvalue weighted by molar-refractivity contribution is 5.55. The van der Waals surface area contributed by atoms with Gasteiger partial charge in [0.2, 0.25) is 0 Å². The van der Waals surface area contributed by atoms with Gasteiger partial charge in [-0.15, -0.1) is 0 Å². The molecule has 1 unspecified atom stereocenters. The van der Waals surface area contributed by atoms with E-state index < -0.39 is 0 Å². The lowest BCUT2D eigenvalue weighted by atomic mass is 10.1. The zero-order valence-electron chi connectivity index (χ0n) is 12.6. The minimum atomic E-state index is 0.605. The quantitative estimate of drug-likeness (QED) is 0.791. The third-order valence-electron chi connectivity index (χ3n) is 3.61. The average molecular weight is 248 g/mol. The molecule has 2 nitrogen and oxygen atoms in total. The van der Waals surface area contributed by atoms with Crippen LogP contribution in [-0.2, 0) is 6.54 Å². The maximum atomic E-state index is 3.37. The molecule has 2 heteroatoms. The molecule has 0 amide bonds. The smallest absolute Gasteiger partial charge is 0.0398 e. The summed E-state index contributed by atoms with van der Waals surface area (Å²) < 4.78 is 0. The number of nitrogens with one attached hydrogen (secondary N) is 1. The van der Waals surface area contributed by atoms with E-state index in [1.807, 2.05) is 0 Å². The number of rotatable bonds is 7. The first-order valence-corrected chi connectivity index (χ1v) is 7.20. The Morgan fingerprint density at radius 2 is 1.94 bits per heavy atom. The molecule has 0 spiro atoms. The number of aryl methyl sites for hydroxylation is 1. The summed E-state index contributed by atoms with van der Waals surface area (Å²) in [5.41, 5.74) is 4.14. The fourth-order valence-corrected chi connectivity index (χ4v) is 2.36. The van der Waals surface area contributed by atoms with Gasteiger partial charge in [-0.1, -0.05) is 26.0 Å². The minimum Gasteiger partial charge on any atom is -0.369 e. The summed E-state index contributed by atoms with van der Waals surface area (Å²) in [4.78, 5) is 2.49. The molecule has 0 aliphatic heterocycles. The SMILES string of the molecule is CCNCc1ccc(N(CC)C(C)CC)c(C)c1. The summed E-state index contributed by atoms with van der Waals surface area (Å²) in [6, 6.07) is 7.44. The number of hydrogen-bond donors (Lipinski definition) is 1. The molecular formula is C16H28N2. The molecular weight excluding hydrogens is 220 g/mol. The van der Waals surface area contributed by atoms with Crippen molar-refractivity contribution < 1.29 is 0 Å². The predicted octanol–water partition coefficient (Wildman–Crippen LogP) is 3.73. The molecule has 0 saturated carbocycles. The molecule has 0 aliphatic rings. The number of anilines is 1. The molecule has 1 atom stereocenters. The molecule has 0 heterocycles. The van der Waals surface area contributed by atoms with Gasteiger partial charge in [-0.2, -0.15) is 0 Å². The van der Waals surface area contributed by atoms with Crippen molar-refractivity contribution in [2.45, 2.75) is 53.6 Å². The minimum absolute atomic E-state index is 0.605. The van der Waals surface area contributed by atoms with Gasteiger partial charge in [0, 0.05) is 24.8 Å². The molecule has 1 N–H and O–H groups in total. The number of hydrogen-bond acceptors (Lipinski definition) is 2. The lowest BCUT2D eigenvalue weighted by Gasteiger charge is -2.31. The Hall–Kier alpha value is -1.02. The van der Waals surface area contributed by atoms with Gasteiger partial charge >= 0.3 is 0 Å². The van der Waals surface area contributed by atoms with Crippen molar-refractivity contribution in [1.82, 2.24) is 5.32 Å². The van der Waals surface area contributed by atoms with Crippen LogP contribution in [0.1, 0.15) is 45.2 Å². The van der Waals surface area contributed by atoms with Crippen molar-refractivity contribution in [2.24, 2.45) is 0 Å². The van der Waals surface area contributed by atoms with Crippen molar-refractivity contribution >= 4 is 5.69 Å². The van der Waals surface area contributed by atoms with Crippen LogP contribution in [0.5, 0.6) is 0 Å². The maximum absolute atomic E-state index is 3.37. The van der Waals surface area contributed by atoms with Gasteiger partial charge in [0.05, 0.1) is 0 Å². The molecule has 0 aliphatic carbocycles. The first-order valence-electron chi connectivity index (χ1n) is 7.20. The third kappa shape index (κ3) is 3.74. The van der Waals surface area contributed by atoms with Crippen LogP contribution >= 0.6 is 0 Å². The van der Waals surface area contributed by atoms with Crippen molar-refractivity contribution in [3.8, 4) is 0 Å². The number of nitrogens with zero attached hydrogens (tertiary/aromatic N) is 1. The molecule has 102 valence electrons. The van der Waals surface area contributed by atoms with Crippen LogP contribution in [0.2, 0.25) is 0 Å². The maximum Gasteiger partial charge on any atom is 0.0398 e. The second-order valence-electron chi connectivity index (χ2n) is 4.94. The van der Waals surface area contributed by atoms with Crippen LogP contribution in [0, 0.1) is 6.92 Å². The summed E-state index contributed by atoms with van der Waals surface area (Å²) in [6.45, 7) is 14.2. The molecule has 0 aromatic heterocycles. The monoisotopic (exact) mass is 248 g/mol. The van der Waals surface area contributed by atoms with E-state index in [-0.39, 0.29) is 0 Å². The van der Waals surface area contributed by atoms with Gasteiger partial charge in [-0.25, -0.2) is 0 Å². The zero-order chi connectivity index (χ0) is 13.5. The first kappa shape index (κ1) is 15.0.